The van der Waals surface area contributed by atoms with Crippen molar-refractivity contribution in [3.05, 3.63) is 11.1 Å². The third-order valence-corrected chi connectivity index (χ3v) is 2.93. The number of aliphatic hydroxyl groups is 1. The van der Waals surface area contributed by atoms with Crippen LogP contribution in [-0.4, -0.2) is 44.7 Å². The highest BCUT2D eigenvalue weighted by molar-refractivity contribution is 7.03. The van der Waals surface area contributed by atoms with Gasteiger partial charge in [0.25, 0.3) is 5.91 Å². The first kappa shape index (κ1) is 9.54. The molecule has 1 aliphatic heterocycles. The summed E-state index contributed by atoms with van der Waals surface area (Å²) in [5.41, 5.74) is 0.385. The molecule has 0 unspecified atom stereocenters. The molecule has 0 spiro atoms. The SMILES string of the molecule is O=C(c1csnn1)N1CCC[C@@H]1CO. The maximum Gasteiger partial charge on any atom is 0.275 e. The number of amides is 1. The number of carbonyl (C=O) groups is 1. The molecule has 1 atom stereocenters. The minimum absolute atomic E-state index is 0.0311. The number of aliphatic hydroxyl groups excluding tert-OH is 1. The fourth-order valence-electron chi connectivity index (χ4n) is 1.70. The quantitative estimate of drug-likeness (QED) is 0.758. The van der Waals surface area contributed by atoms with Gasteiger partial charge in [-0.25, -0.2) is 0 Å². The van der Waals surface area contributed by atoms with Crippen molar-refractivity contribution >= 4 is 17.4 Å². The summed E-state index contributed by atoms with van der Waals surface area (Å²) >= 11 is 1.16. The predicted molar refractivity (Wildman–Crippen MR) is 51.1 cm³/mol. The smallest absolute Gasteiger partial charge is 0.275 e. The van der Waals surface area contributed by atoms with E-state index in [1.165, 1.54) is 0 Å². The van der Waals surface area contributed by atoms with E-state index in [2.05, 4.69) is 9.59 Å². The molecular formula is C8H11N3O2S. The van der Waals surface area contributed by atoms with Gasteiger partial charge in [-0.3, -0.25) is 4.79 Å². The maximum absolute atomic E-state index is 11.8. The Labute approximate surface area is 85.5 Å². The van der Waals surface area contributed by atoms with Crippen LogP contribution in [-0.2, 0) is 0 Å². The molecule has 0 radical (unpaired) electrons. The van der Waals surface area contributed by atoms with E-state index < -0.39 is 0 Å². The summed E-state index contributed by atoms with van der Waals surface area (Å²) in [6.45, 7) is 0.741. The molecule has 1 saturated heterocycles. The van der Waals surface area contributed by atoms with Crippen molar-refractivity contribution in [1.82, 2.24) is 14.5 Å². The Hall–Kier alpha value is -1.01. The summed E-state index contributed by atoms with van der Waals surface area (Å²) in [6.07, 6.45) is 1.83. The Kier molecular flexibility index (Phi) is 2.74. The van der Waals surface area contributed by atoms with Gasteiger partial charge in [-0.15, -0.1) is 5.10 Å². The average Bonchev–Trinajstić information content (AvgIpc) is 2.87. The summed E-state index contributed by atoms with van der Waals surface area (Å²) < 4.78 is 3.65. The molecule has 0 saturated carbocycles. The van der Waals surface area contributed by atoms with Crippen LogP contribution in [0.2, 0.25) is 0 Å². The maximum atomic E-state index is 11.8. The van der Waals surface area contributed by atoms with Gasteiger partial charge in [0.15, 0.2) is 5.69 Å². The van der Waals surface area contributed by atoms with E-state index >= 15 is 0 Å². The Morgan fingerprint density at radius 2 is 2.64 bits per heavy atom. The van der Waals surface area contributed by atoms with Crippen molar-refractivity contribution in [3.8, 4) is 0 Å². The molecule has 0 bridgehead atoms. The van der Waals surface area contributed by atoms with E-state index in [0.29, 0.717) is 12.2 Å². The van der Waals surface area contributed by atoms with Gasteiger partial charge in [-0.2, -0.15) is 0 Å². The Morgan fingerprint density at radius 1 is 1.79 bits per heavy atom. The summed E-state index contributed by atoms with van der Waals surface area (Å²) in [5.74, 6) is -0.115. The van der Waals surface area contributed by atoms with Crippen LogP contribution in [0.4, 0.5) is 0 Å². The molecule has 1 fully saturated rings. The van der Waals surface area contributed by atoms with E-state index in [9.17, 15) is 4.79 Å². The largest absolute Gasteiger partial charge is 0.394 e. The number of nitrogens with zero attached hydrogens (tertiary/aromatic N) is 3. The van der Waals surface area contributed by atoms with Crippen LogP contribution in [0.1, 0.15) is 23.3 Å². The molecule has 0 aliphatic carbocycles. The van der Waals surface area contributed by atoms with Crippen molar-refractivity contribution in [1.29, 1.82) is 0 Å². The van der Waals surface area contributed by atoms with Gasteiger partial charge < -0.3 is 10.0 Å². The highest BCUT2D eigenvalue weighted by Gasteiger charge is 2.29. The fraction of sp³-hybridized carbons (Fsp3) is 0.625. The van der Waals surface area contributed by atoms with Gasteiger partial charge in [0.2, 0.25) is 0 Å². The van der Waals surface area contributed by atoms with Crippen LogP contribution in [0.25, 0.3) is 0 Å². The van der Waals surface area contributed by atoms with E-state index in [4.69, 9.17) is 5.11 Å². The van der Waals surface area contributed by atoms with E-state index in [1.807, 2.05) is 0 Å². The number of hydrogen-bond donors (Lipinski definition) is 1. The van der Waals surface area contributed by atoms with Gasteiger partial charge in [0.1, 0.15) is 0 Å². The van der Waals surface area contributed by atoms with Crippen LogP contribution < -0.4 is 0 Å². The first-order chi connectivity index (χ1) is 6.83. The number of aromatic nitrogens is 2. The molecule has 5 nitrogen and oxygen atoms in total. The first-order valence-corrected chi connectivity index (χ1v) is 5.35. The van der Waals surface area contributed by atoms with Crippen LogP contribution >= 0.6 is 11.5 Å². The molecule has 1 aromatic rings. The first-order valence-electron chi connectivity index (χ1n) is 4.52. The van der Waals surface area contributed by atoms with Gasteiger partial charge in [-0.1, -0.05) is 4.49 Å². The minimum Gasteiger partial charge on any atom is -0.394 e. The monoisotopic (exact) mass is 213 g/mol. The fourth-order valence-corrected chi connectivity index (χ4v) is 2.13. The highest BCUT2D eigenvalue weighted by atomic mass is 32.1. The standard InChI is InChI=1S/C8H11N3O2S/c12-4-6-2-1-3-11(6)8(13)7-5-14-10-9-7/h5-6,12H,1-4H2/t6-/m1/s1. The van der Waals surface area contributed by atoms with Crippen LogP contribution in [0.15, 0.2) is 5.38 Å². The molecule has 1 aromatic heterocycles. The highest BCUT2D eigenvalue weighted by Crippen LogP contribution is 2.19. The zero-order chi connectivity index (χ0) is 9.97. The number of carbonyl (C=O) groups excluding carboxylic acids is 1. The molecule has 6 heteroatoms. The van der Waals surface area contributed by atoms with E-state index in [-0.39, 0.29) is 18.6 Å². The molecular weight excluding hydrogens is 202 g/mol. The lowest BCUT2D eigenvalue weighted by atomic mass is 10.2. The van der Waals surface area contributed by atoms with Crippen molar-refractivity contribution in [3.63, 3.8) is 0 Å². The summed E-state index contributed by atoms with van der Waals surface area (Å²) in [5, 5.41) is 14.4. The van der Waals surface area contributed by atoms with Crippen LogP contribution in [0.3, 0.4) is 0 Å². The molecule has 0 aromatic carbocycles. The molecule has 14 heavy (non-hydrogen) atoms. The van der Waals surface area contributed by atoms with Crippen molar-refractivity contribution in [2.45, 2.75) is 18.9 Å². The number of hydrogen-bond acceptors (Lipinski definition) is 5. The van der Waals surface area contributed by atoms with Gasteiger partial charge in [0.05, 0.1) is 12.6 Å². The van der Waals surface area contributed by atoms with Crippen molar-refractivity contribution < 1.29 is 9.90 Å². The number of likely N-dealkylation sites (tertiary alicyclic amines) is 1. The molecule has 1 amide bonds. The third-order valence-electron chi connectivity index (χ3n) is 2.43. The van der Waals surface area contributed by atoms with Gasteiger partial charge in [0, 0.05) is 11.9 Å². The summed E-state index contributed by atoms with van der Waals surface area (Å²) in [7, 11) is 0. The summed E-state index contributed by atoms with van der Waals surface area (Å²) in [4.78, 5) is 13.5. The topological polar surface area (TPSA) is 66.3 Å². The van der Waals surface area contributed by atoms with E-state index in [0.717, 1.165) is 24.4 Å². The van der Waals surface area contributed by atoms with Gasteiger partial charge in [-0.05, 0) is 24.4 Å². The molecule has 76 valence electrons. The van der Waals surface area contributed by atoms with Crippen molar-refractivity contribution in [2.75, 3.05) is 13.2 Å². The number of rotatable bonds is 2. The average molecular weight is 213 g/mol. The Balaban J connectivity index is 2.11. The predicted octanol–water partition coefficient (Wildman–Crippen LogP) is 0.135. The second kappa shape index (κ2) is 4.02. The summed E-state index contributed by atoms with van der Waals surface area (Å²) in [6, 6.07) is -0.0378. The molecule has 2 rings (SSSR count). The lowest BCUT2D eigenvalue weighted by Crippen LogP contribution is -2.37. The lowest BCUT2D eigenvalue weighted by Gasteiger charge is -2.21. The van der Waals surface area contributed by atoms with Crippen molar-refractivity contribution in [2.24, 2.45) is 0 Å². The Bertz CT molecular complexity index is 314. The second-order valence-corrected chi connectivity index (χ2v) is 3.88. The normalized spacial score (nSPS) is 21.5. The van der Waals surface area contributed by atoms with E-state index in [1.54, 1.807) is 10.3 Å². The van der Waals surface area contributed by atoms with Crippen LogP contribution in [0, 0.1) is 0 Å². The minimum atomic E-state index is -0.115. The van der Waals surface area contributed by atoms with Crippen LogP contribution in [0.5, 0.6) is 0 Å². The third kappa shape index (κ3) is 1.62. The van der Waals surface area contributed by atoms with Gasteiger partial charge >= 0.3 is 0 Å². The second-order valence-electron chi connectivity index (χ2n) is 3.27. The molecule has 2 heterocycles. The lowest BCUT2D eigenvalue weighted by molar-refractivity contribution is 0.0672. The molecule has 1 aliphatic rings. The molecule has 1 N–H and O–H groups in total. The Morgan fingerprint density at radius 3 is 3.29 bits per heavy atom. The zero-order valence-corrected chi connectivity index (χ0v) is 8.40. The zero-order valence-electron chi connectivity index (χ0n) is 7.59.